The zero-order valence-electron chi connectivity index (χ0n) is 17.2. The molecule has 4 N–H and O–H groups in total. The SMILES string of the molecule is Cc1cc(-c2noc([C@@H]3[C@@H](O)CCN3C(=N)N)n2)ccc1OCC1CCCCC1.[Cl-]. The highest BCUT2D eigenvalue weighted by Crippen LogP contribution is 2.33. The van der Waals surface area contributed by atoms with Crippen molar-refractivity contribution in [2.45, 2.75) is 57.6 Å². The van der Waals surface area contributed by atoms with Crippen LogP contribution in [0.5, 0.6) is 5.75 Å². The number of nitrogens with two attached hydrogens (primary N) is 1. The van der Waals surface area contributed by atoms with Crippen molar-refractivity contribution >= 4 is 5.96 Å². The van der Waals surface area contributed by atoms with Crippen molar-refractivity contribution in [2.75, 3.05) is 13.2 Å². The smallest absolute Gasteiger partial charge is 0.252 e. The van der Waals surface area contributed by atoms with Crippen molar-refractivity contribution in [3.63, 3.8) is 0 Å². The molecular formula is C21H29ClN5O3-. The number of rotatable bonds is 5. The van der Waals surface area contributed by atoms with Gasteiger partial charge in [-0.2, -0.15) is 4.98 Å². The van der Waals surface area contributed by atoms with Crippen LogP contribution in [0.15, 0.2) is 22.7 Å². The molecule has 9 heteroatoms. The Hall–Kier alpha value is -2.32. The van der Waals surface area contributed by atoms with E-state index in [1.807, 2.05) is 25.1 Å². The highest BCUT2D eigenvalue weighted by Gasteiger charge is 2.39. The summed E-state index contributed by atoms with van der Waals surface area (Å²) in [6.45, 7) is 3.27. The first-order chi connectivity index (χ1) is 14.0. The molecule has 1 aliphatic heterocycles. The zero-order chi connectivity index (χ0) is 20.4. The summed E-state index contributed by atoms with van der Waals surface area (Å²) in [6.07, 6.45) is 6.29. The topological polar surface area (TPSA) is 121 Å². The summed E-state index contributed by atoms with van der Waals surface area (Å²) < 4.78 is 11.5. The summed E-state index contributed by atoms with van der Waals surface area (Å²) in [7, 11) is 0. The molecule has 30 heavy (non-hydrogen) atoms. The molecule has 2 fully saturated rings. The maximum atomic E-state index is 10.3. The maximum Gasteiger partial charge on any atom is 0.252 e. The first kappa shape index (κ1) is 22.4. The van der Waals surface area contributed by atoms with Crippen LogP contribution in [0.1, 0.15) is 56.0 Å². The molecule has 2 heterocycles. The molecule has 1 aliphatic carbocycles. The van der Waals surface area contributed by atoms with Crippen LogP contribution in [-0.2, 0) is 0 Å². The number of aromatic nitrogens is 2. The first-order valence-corrected chi connectivity index (χ1v) is 10.4. The second kappa shape index (κ2) is 9.66. The molecule has 1 saturated heterocycles. The predicted octanol–water partition coefficient (Wildman–Crippen LogP) is 0.00929. The normalized spacial score (nSPS) is 22.0. The number of hydrogen-bond acceptors (Lipinski definition) is 6. The van der Waals surface area contributed by atoms with Crippen LogP contribution in [0.4, 0.5) is 0 Å². The average molecular weight is 435 g/mol. The van der Waals surface area contributed by atoms with Crippen LogP contribution in [0, 0.1) is 18.3 Å². The number of aryl methyl sites for hydroxylation is 1. The largest absolute Gasteiger partial charge is 1.00 e. The Labute approximate surface area is 182 Å². The van der Waals surface area contributed by atoms with E-state index in [1.54, 1.807) is 4.90 Å². The molecule has 0 amide bonds. The van der Waals surface area contributed by atoms with Gasteiger partial charge < -0.3 is 37.4 Å². The quantitative estimate of drug-likeness (QED) is 0.447. The van der Waals surface area contributed by atoms with Crippen molar-refractivity contribution < 1.29 is 26.8 Å². The summed E-state index contributed by atoms with van der Waals surface area (Å²) in [6, 6.07) is 5.29. The molecular weight excluding hydrogens is 406 g/mol. The van der Waals surface area contributed by atoms with E-state index >= 15 is 0 Å². The lowest BCUT2D eigenvalue weighted by Crippen LogP contribution is -3.00. The van der Waals surface area contributed by atoms with Crippen LogP contribution >= 0.6 is 0 Å². The van der Waals surface area contributed by atoms with Gasteiger partial charge in [-0.1, -0.05) is 24.4 Å². The number of nitrogens with zero attached hydrogens (tertiary/aromatic N) is 3. The van der Waals surface area contributed by atoms with Gasteiger partial charge in [0.05, 0.1) is 12.7 Å². The fourth-order valence-electron chi connectivity index (χ4n) is 4.33. The summed E-state index contributed by atoms with van der Waals surface area (Å²) in [5, 5.41) is 22.0. The number of halogens is 1. The van der Waals surface area contributed by atoms with Crippen molar-refractivity contribution in [1.29, 1.82) is 5.41 Å². The van der Waals surface area contributed by atoms with Gasteiger partial charge in [0.2, 0.25) is 5.82 Å². The average Bonchev–Trinajstić information content (AvgIpc) is 3.34. The molecule has 0 unspecified atom stereocenters. The molecule has 4 rings (SSSR count). The summed E-state index contributed by atoms with van der Waals surface area (Å²) in [5.41, 5.74) is 7.47. The van der Waals surface area contributed by atoms with E-state index in [9.17, 15) is 5.11 Å². The lowest BCUT2D eigenvalue weighted by Gasteiger charge is -2.22. The Morgan fingerprint density at radius 2 is 2.07 bits per heavy atom. The monoisotopic (exact) mass is 434 g/mol. The molecule has 164 valence electrons. The van der Waals surface area contributed by atoms with Gasteiger partial charge in [-0.25, -0.2) is 0 Å². The van der Waals surface area contributed by atoms with Gasteiger partial charge in [-0.05, 0) is 55.9 Å². The molecule has 8 nitrogen and oxygen atoms in total. The molecule has 2 aliphatic rings. The fraction of sp³-hybridized carbons (Fsp3) is 0.571. The molecule has 0 bridgehead atoms. The first-order valence-electron chi connectivity index (χ1n) is 10.4. The minimum atomic E-state index is -0.690. The van der Waals surface area contributed by atoms with Crippen molar-refractivity contribution in [1.82, 2.24) is 15.0 Å². The third-order valence-electron chi connectivity index (χ3n) is 6.00. The number of hydrogen-bond donors (Lipinski definition) is 3. The molecule has 1 saturated carbocycles. The minimum absolute atomic E-state index is 0. The molecule has 1 aromatic heterocycles. The van der Waals surface area contributed by atoms with E-state index in [2.05, 4.69) is 10.1 Å². The van der Waals surface area contributed by atoms with E-state index in [4.69, 9.17) is 20.4 Å². The molecule has 0 spiro atoms. The molecule has 1 aromatic carbocycles. The van der Waals surface area contributed by atoms with Gasteiger partial charge in [0, 0.05) is 12.1 Å². The number of aliphatic hydroxyl groups excluding tert-OH is 1. The second-order valence-corrected chi connectivity index (χ2v) is 8.13. The predicted molar refractivity (Wildman–Crippen MR) is 109 cm³/mol. The number of likely N-dealkylation sites (tertiary alicyclic amines) is 1. The minimum Gasteiger partial charge on any atom is -1.00 e. The third kappa shape index (κ3) is 4.70. The van der Waals surface area contributed by atoms with Crippen LogP contribution in [-0.4, -0.2) is 45.4 Å². The van der Waals surface area contributed by atoms with E-state index < -0.39 is 12.1 Å². The number of benzene rings is 1. The third-order valence-corrected chi connectivity index (χ3v) is 6.00. The van der Waals surface area contributed by atoms with E-state index in [1.165, 1.54) is 32.1 Å². The van der Waals surface area contributed by atoms with Crippen molar-refractivity contribution in [3.05, 3.63) is 29.7 Å². The standard InChI is InChI=1S/C21H29N5O3.ClH/c1-13-11-15(7-8-17(13)28-12-14-5-3-2-4-6-14)19-24-20(29-25-19)18-16(27)9-10-26(18)21(22)23;/h7-8,11,14,16,18,27H,2-6,9-10,12H2,1H3,(H3,22,23);1H/p-1/t16-,18-;/m0./s1. The Kier molecular flexibility index (Phi) is 7.20. The van der Waals surface area contributed by atoms with Gasteiger partial charge in [-0.3, -0.25) is 5.41 Å². The Bertz CT molecular complexity index is 868. The van der Waals surface area contributed by atoms with Crippen LogP contribution in [0.2, 0.25) is 0 Å². The second-order valence-electron chi connectivity index (χ2n) is 8.13. The van der Waals surface area contributed by atoms with E-state index in [-0.39, 0.29) is 24.3 Å². The Balaban J connectivity index is 0.00000256. The fourth-order valence-corrected chi connectivity index (χ4v) is 4.33. The summed E-state index contributed by atoms with van der Waals surface area (Å²) in [4.78, 5) is 6.04. The van der Waals surface area contributed by atoms with Gasteiger partial charge in [0.1, 0.15) is 11.8 Å². The van der Waals surface area contributed by atoms with Crippen LogP contribution in [0.3, 0.4) is 0 Å². The summed E-state index contributed by atoms with van der Waals surface area (Å²) >= 11 is 0. The summed E-state index contributed by atoms with van der Waals surface area (Å²) in [5.74, 6) is 2.16. The van der Waals surface area contributed by atoms with Crippen LogP contribution < -0.4 is 22.9 Å². The molecule has 2 atom stereocenters. The van der Waals surface area contributed by atoms with Gasteiger partial charge in [-0.15, -0.1) is 0 Å². The van der Waals surface area contributed by atoms with Gasteiger partial charge in [0.25, 0.3) is 5.89 Å². The van der Waals surface area contributed by atoms with Crippen molar-refractivity contribution in [2.24, 2.45) is 11.7 Å². The van der Waals surface area contributed by atoms with E-state index in [0.717, 1.165) is 23.5 Å². The van der Waals surface area contributed by atoms with Crippen LogP contribution in [0.25, 0.3) is 11.4 Å². The number of aliphatic hydroxyl groups is 1. The maximum absolute atomic E-state index is 10.3. The number of ether oxygens (including phenoxy) is 1. The highest BCUT2D eigenvalue weighted by molar-refractivity contribution is 5.75. The van der Waals surface area contributed by atoms with E-state index in [0.29, 0.717) is 24.7 Å². The highest BCUT2D eigenvalue weighted by atomic mass is 35.5. The lowest BCUT2D eigenvalue weighted by molar-refractivity contribution is -0.00000991. The lowest BCUT2D eigenvalue weighted by atomic mass is 9.90. The molecule has 0 radical (unpaired) electrons. The van der Waals surface area contributed by atoms with Gasteiger partial charge in [0.15, 0.2) is 5.96 Å². The molecule has 2 aromatic rings. The number of nitrogens with one attached hydrogen (secondary N) is 1. The number of guanidine groups is 1. The Morgan fingerprint density at radius 1 is 1.30 bits per heavy atom. The zero-order valence-corrected chi connectivity index (χ0v) is 17.9. The van der Waals surface area contributed by atoms with Gasteiger partial charge >= 0.3 is 0 Å². The Morgan fingerprint density at radius 3 is 2.77 bits per heavy atom. The van der Waals surface area contributed by atoms with Crippen molar-refractivity contribution in [3.8, 4) is 17.1 Å².